The number of nitrogens with one attached hydrogen (secondary N) is 1. The van der Waals surface area contributed by atoms with Crippen LogP contribution in [-0.4, -0.2) is 32.0 Å². The van der Waals surface area contributed by atoms with E-state index in [-0.39, 0.29) is 5.91 Å². The summed E-state index contributed by atoms with van der Waals surface area (Å²) in [6.07, 6.45) is 1.31. The van der Waals surface area contributed by atoms with Crippen LogP contribution in [0, 0.1) is 0 Å². The van der Waals surface area contributed by atoms with Gasteiger partial charge in [-0.25, -0.2) is 0 Å². The second-order valence-corrected chi connectivity index (χ2v) is 4.76. The van der Waals surface area contributed by atoms with Gasteiger partial charge in [-0.2, -0.15) is 0 Å². The Bertz CT molecular complexity index is 377. The predicted octanol–water partition coefficient (Wildman–Crippen LogP) is 2.51. The highest BCUT2D eigenvalue weighted by atomic mass is 79.9. The molecule has 0 heterocycles. The molecule has 0 unspecified atom stereocenters. The van der Waals surface area contributed by atoms with Gasteiger partial charge in [-0.05, 0) is 24.1 Å². The molecule has 1 N–H and O–H groups in total. The molecule has 0 saturated heterocycles. The molecule has 0 aliphatic heterocycles. The van der Waals surface area contributed by atoms with Gasteiger partial charge in [0, 0.05) is 37.7 Å². The van der Waals surface area contributed by atoms with E-state index in [2.05, 4.69) is 21.2 Å². The van der Waals surface area contributed by atoms with E-state index in [9.17, 15) is 4.79 Å². The van der Waals surface area contributed by atoms with Crippen molar-refractivity contribution in [3.63, 3.8) is 0 Å². The van der Waals surface area contributed by atoms with Crippen molar-refractivity contribution in [2.75, 3.05) is 26.5 Å². The fraction of sp³-hybridized carbons (Fsp3) is 0.417. The minimum Gasteiger partial charge on any atom is -0.388 e. The van der Waals surface area contributed by atoms with Gasteiger partial charge in [-0.1, -0.05) is 22.0 Å². The van der Waals surface area contributed by atoms with Crippen LogP contribution in [0.15, 0.2) is 22.7 Å². The molecular weight excluding hydrogens is 268 g/mol. The molecule has 0 bridgehead atoms. The average Bonchev–Trinajstić information content (AvgIpc) is 2.26. The quantitative estimate of drug-likeness (QED) is 0.922. The minimum absolute atomic E-state index is 0.157. The lowest BCUT2D eigenvalue weighted by atomic mass is 10.1. The van der Waals surface area contributed by atoms with Crippen LogP contribution in [0.3, 0.4) is 0 Å². The van der Waals surface area contributed by atoms with Crippen molar-refractivity contribution in [3.05, 3.63) is 28.2 Å². The molecule has 88 valence electrons. The van der Waals surface area contributed by atoms with Crippen LogP contribution >= 0.6 is 15.9 Å². The summed E-state index contributed by atoms with van der Waals surface area (Å²) in [4.78, 5) is 13.1. The molecule has 0 aliphatic rings. The van der Waals surface area contributed by atoms with Crippen molar-refractivity contribution in [3.8, 4) is 0 Å². The van der Waals surface area contributed by atoms with E-state index >= 15 is 0 Å². The van der Waals surface area contributed by atoms with Crippen LogP contribution in [0.1, 0.15) is 12.0 Å². The Kier molecular flexibility index (Phi) is 4.80. The van der Waals surface area contributed by atoms with Crippen LogP contribution < -0.4 is 5.32 Å². The number of benzene rings is 1. The van der Waals surface area contributed by atoms with E-state index < -0.39 is 0 Å². The zero-order chi connectivity index (χ0) is 12.1. The molecular formula is C12H17BrN2O. The number of carbonyl (C=O) groups is 1. The number of anilines is 1. The summed E-state index contributed by atoms with van der Waals surface area (Å²) in [6, 6.07) is 6.06. The van der Waals surface area contributed by atoms with Crippen LogP contribution in [0.5, 0.6) is 0 Å². The van der Waals surface area contributed by atoms with Crippen LogP contribution in [0.25, 0.3) is 0 Å². The van der Waals surface area contributed by atoms with E-state index in [4.69, 9.17) is 0 Å². The first-order chi connectivity index (χ1) is 7.54. The molecule has 1 aromatic rings. The van der Waals surface area contributed by atoms with Gasteiger partial charge in [-0.3, -0.25) is 4.79 Å². The fourth-order valence-electron chi connectivity index (χ4n) is 1.46. The number of carbonyl (C=O) groups excluding carboxylic acids is 1. The van der Waals surface area contributed by atoms with E-state index in [0.717, 1.165) is 16.6 Å². The molecule has 0 saturated carbocycles. The number of nitrogens with zero attached hydrogens (tertiary/aromatic N) is 1. The fourth-order valence-corrected chi connectivity index (χ4v) is 1.83. The Hall–Kier alpha value is -1.03. The first-order valence-corrected chi connectivity index (χ1v) is 6.00. The maximum absolute atomic E-state index is 11.5. The lowest BCUT2D eigenvalue weighted by molar-refractivity contribution is -0.128. The van der Waals surface area contributed by atoms with Gasteiger partial charge in [0.15, 0.2) is 0 Å². The molecule has 3 nitrogen and oxygen atoms in total. The zero-order valence-electron chi connectivity index (χ0n) is 9.88. The molecule has 1 aromatic carbocycles. The van der Waals surface area contributed by atoms with E-state index in [1.54, 1.807) is 19.0 Å². The van der Waals surface area contributed by atoms with Crippen molar-refractivity contribution in [2.45, 2.75) is 12.8 Å². The van der Waals surface area contributed by atoms with Gasteiger partial charge in [0.25, 0.3) is 0 Å². The third-order valence-electron chi connectivity index (χ3n) is 2.45. The molecule has 0 aromatic heterocycles. The topological polar surface area (TPSA) is 32.3 Å². The summed E-state index contributed by atoms with van der Waals surface area (Å²) < 4.78 is 1.04. The number of halogens is 1. The molecule has 0 radical (unpaired) electrons. The summed E-state index contributed by atoms with van der Waals surface area (Å²) in [5.41, 5.74) is 2.24. The minimum atomic E-state index is 0.157. The number of amides is 1. The van der Waals surface area contributed by atoms with Crippen molar-refractivity contribution in [1.29, 1.82) is 0 Å². The molecule has 0 aliphatic carbocycles. The molecule has 0 spiro atoms. The standard InChI is InChI=1S/C12H17BrN2O/c1-14-11-8-10(13)6-4-9(11)5-7-12(16)15(2)3/h4,6,8,14H,5,7H2,1-3H3. The van der Waals surface area contributed by atoms with Crippen LogP contribution in [0.2, 0.25) is 0 Å². The predicted molar refractivity (Wildman–Crippen MR) is 70.7 cm³/mol. The average molecular weight is 285 g/mol. The van der Waals surface area contributed by atoms with Gasteiger partial charge in [-0.15, -0.1) is 0 Å². The van der Waals surface area contributed by atoms with Crippen LogP contribution in [-0.2, 0) is 11.2 Å². The normalized spacial score (nSPS) is 10.0. The summed E-state index contributed by atoms with van der Waals surface area (Å²) >= 11 is 3.43. The van der Waals surface area contributed by atoms with Crippen molar-refractivity contribution in [1.82, 2.24) is 4.90 Å². The lowest BCUT2D eigenvalue weighted by Gasteiger charge is -2.12. The largest absolute Gasteiger partial charge is 0.388 e. The van der Waals surface area contributed by atoms with Gasteiger partial charge in [0.05, 0.1) is 0 Å². The van der Waals surface area contributed by atoms with Gasteiger partial charge in [0.1, 0.15) is 0 Å². The van der Waals surface area contributed by atoms with Crippen molar-refractivity contribution in [2.24, 2.45) is 0 Å². The Morgan fingerprint density at radius 1 is 1.44 bits per heavy atom. The van der Waals surface area contributed by atoms with Crippen molar-refractivity contribution < 1.29 is 4.79 Å². The SMILES string of the molecule is CNc1cc(Br)ccc1CCC(=O)N(C)C. The highest BCUT2D eigenvalue weighted by Crippen LogP contribution is 2.22. The zero-order valence-corrected chi connectivity index (χ0v) is 11.5. The Balaban J connectivity index is 2.70. The van der Waals surface area contributed by atoms with Gasteiger partial charge in [0.2, 0.25) is 5.91 Å². The highest BCUT2D eigenvalue weighted by Gasteiger charge is 2.07. The first-order valence-electron chi connectivity index (χ1n) is 5.21. The number of hydrogen-bond acceptors (Lipinski definition) is 2. The highest BCUT2D eigenvalue weighted by molar-refractivity contribution is 9.10. The van der Waals surface area contributed by atoms with Crippen molar-refractivity contribution >= 4 is 27.5 Å². The molecule has 1 amide bonds. The molecule has 4 heteroatoms. The molecule has 0 atom stereocenters. The number of aryl methyl sites for hydroxylation is 1. The van der Waals surface area contributed by atoms with Gasteiger partial charge < -0.3 is 10.2 Å². The number of rotatable bonds is 4. The lowest BCUT2D eigenvalue weighted by Crippen LogP contribution is -2.21. The smallest absolute Gasteiger partial charge is 0.222 e. The first kappa shape index (κ1) is 13.0. The third kappa shape index (κ3) is 3.52. The van der Waals surface area contributed by atoms with E-state index in [0.29, 0.717) is 6.42 Å². The van der Waals surface area contributed by atoms with E-state index in [1.807, 2.05) is 25.2 Å². The Labute approximate surface area is 105 Å². The summed E-state index contributed by atoms with van der Waals surface area (Å²) in [5.74, 6) is 0.157. The second kappa shape index (κ2) is 5.89. The summed E-state index contributed by atoms with van der Waals surface area (Å²) in [5, 5.41) is 3.13. The van der Waals surface area contributed by atoms with Gasteiger partial charge >= 0.3 is 0 Å². The monoisotopic (exact) mass is 284 g/mol. The second-order valence-electron chi connectivity index (χ2n) is 3.84. The summed E-state index contributed by atoms with van der Waals surface area (Å²) in [7, 11) is 5.45. The Morgan fingerprint density at radius 3 is 2.69 bits per heavy atom. The van der Waals surface area contributed by atoms with E-state index in [1.165, 1.54) is 5.56 Å². The van der Waals surface area contributed by atoms with Crippen LogP contribution in [0.4, 0.5) is 5.69 Å². The Morgan fingerprint density at radius 2 is 2.12 bits per heavy atom. The molecule has 0 fully saturated rings. The molecule has 16 heavy (non-hydrogen) atoms. The molecule has 1 rings (SSSR count). The third-order valence-corrected chi connectivity index (χ3v) is 2.94. The summed E-state index contributed by atoms with van der Waals surface area (Å²) in [6.45, 7) is 0. The maximum atomic E-state index is 11.5. The maximum Gasteiger partial charge on any atom is 0.222 e. The number of hydrogen-bond donors (Lipinski definition) is 1.